The summed E-state index contributed by atoms with van der Waals surface area (Å²) in [5.74, 6) is 0. The minimum atomic E-state index is 0.0200. The van der Waals surface area contributed by atoms with Crippen molar-refractivity contribution >= 4 is 17.3 Å². The zero-order valence-electron chi connectivity index (χ0n) is 13.0. The Labute approximate surface area is 127 Å². The number of rotatable bonds is 5. The predicted molar refractivity (Wildman–Crippen MR) is 87.6 cm³/mol. The van der Waals surface area contributed by atoms with Crippen LogP contribution in [0.15, 0.2) is 18.2 Å². The van der Waals surface area contributed by atoms with Gasteiger partial charge in [0.1, 0.15) is 0 Å². The van der Waals surface area contributed by atoms with Crippen molar-refractivity contribution in [3.05, 3.63) is 28.8 Å². The Balaban J connectivity index is 2.15. The lowest BCUT2D eigenvalue weighted by Crippen LogP contribution is -2.56. The summed E-state index contributed by atoms with van der Waals surface area (Å²) in [5, 5.41) is 0.788. The number of likely N-dealkylation sites (N-methyl/N-ethyl adjacent to an activating group) is 2. The van der Waals surface area contributed by atoms with Crippen molar-refractivity contribution in [2.45, 2.75) is 37.8 Å². The molecule has 1 aromatic carbocycles. The molecular weight excluding hydrogens is 270 g/mol. The van der Waals surface area contributed by atoms with E-state index in [2.05, 4.69) is 43.1 Å². The highest BCUT2D eigenvalue weighted by Gasteiger charge is 2.40. The largest absolute Gasteiger partial charge is 0.372 e. The molecule has 1 saturated carbocycles. The van der Waals surface area contributed by atoms with Gasteiger partial charge in [-0.2, -0.15) is 0 Å². The number of nitrogens with two attached hydrogens (primary N) is 1. The summed E-state index contributed by atoms with van der Waals surface area (Å²) in [5.41, 5.74) is 8.37. The smallest absolute Gasteiger partial charge is 0.0642 e. The Morgan fingerprint density at radius 2 is 1.95 bits per heavy atom. The molecule has 1 atom stereocenters. The summed E-state index contributed by atoms with van der Waals surface area (Å²) < 4.78 is 0. The summed E-state index contributed by atoms with van der Waals surface area (Å²) in [6, 6.07) is 6.17. The minimum absolute atomic E-state index is 0.0200. The molecule has 1 aliphatic rings. The van der Waals surface area contributed by atoms with E-state index in [1.54, 1.807) is 0 Å². The molecule has 112 valence electrons. The van der Waals surface area contributed by atoms with E-state index in [1.165, 1.54) is 19.3 Å². The summed E-state index contributed by atoms with van der Waals surface area (Å²) in [7, 11) is 6.47. The Morgan fingerprint density at radius 3 is 2.35 bits per heavy atom. The first-order chi connectivity index (χ1) is 9.35. The zero-order valence-corrected chi connectivity index (χ0v) is 13.7. The molecule has 0 heterocycles. The fourth-order valence-electron chi connectivity index (χ4n) is 2.97. The van der Waals surface area contributed by atoms with Gasteiger partial charge in [-0.3, -0.25) is 0 Å². The molecule has 1 fully saturated rings. The Bertz CT molecular complexity index is 467. The lowest BCUT2D eigenvalue weighted by atomic mass is 9.75. The highest BCUT2D eigenvalue weighted by Crippen LogP contribution is 2.38. The van der Waals surface area contributed by atoms with E-state index in [0.29, 0.717) is 5.54 Å². The van der Waals surface area contributed by atoms with Crippen LogP contribution < -0.4 is 10.6 Å². The number of hydrogen-bond donors (Lipinski definition) is 1. The Morgan fingerprint density at radius 1 is 1.30 bits per heavy atom. The van der Waals surface area contributed by atoms with E-state index in [9.17, 15) is 0 Å². The van der Waals surface area contributed by atoms with Crippen molar-refractivity contribution in [1.82, 2.24) is 4.90 Å². The van der Waals surface area contributed by atoms with Crippen LogP contribution in [0.4, 0.5) is 5.69 Å². The average molecular weight is 296 g/mol. The van der Waals surface area contributed by atoms with E-state index in [-0.39, 0.29) is 6.04 Å². The molecule has 0 aromatic heterocycles. The highest BCUT2D eigenvalue weighted by atomic mass is 35.5. The Kier molecular flexibility index (Phi) is 4.62. The van der Waals surface area contributed by atoms with Crippen LogP contribution >= 0.6 is 11.6 Å². The number of hydrogen-bond acceptors (Lipinski definition) is 3. The van der Waals surface area contributed by atoms with Crippen LogP contribution in [0.25, 0.3) is 0 Å². The van der Waals surface area contributed by atoms with E-state index < -0.39 is 0 Å². The number of nitrogens with zero attached hydrogens (tertiary/aromatic N) is 2. The maximum atomic E-state index is 6.43. The van der Waals surface area contributed by atoms with E-state index >= 15 is 0 Å². The number of benzene rings is 1. The molecule has 2 rings (SSSR count). The monoisotopic (exact) mass is 295 g/mol. The normalized spacial score (nSPS) is 18.8. The summed E-state index contributed by atoms with van der Waals surface area (Å²) in [4.78, 5) is 4.63. The molecule has 0 aliphatic heterocycles. The first kappa shape index (κ1) is 15.6. The highest BCUT2D eigenvalue weighted by molar-refractivity contribution is 6.33. The molecule has 1 aliphatic carbocycles. The van der Waals surface area contributed by atoms with Crippen LogP contribution in [-0.2, 0) is 0 Å². The van der Waals surface area contributed by atoms with Crippen molar-refractivity contribution in [1.29, 1.82) is 0 Å². The fraction of sp³-hybridized carbons (Fsp3) is 0.625. The van der Waals surface area contributed by atoms with Gasteiger partial charge < -0.3 is 15.5 Å². The molecule has 2 N–H and O–H groups in total. The van der Waals surface area contributed by atoms with Gasteiger partial charge in [0.2, 0.25) is 0 Å². The van der Waals surface area contributed by atoms with Gasteiger partial charge >= 0.3 is 0 Å². The molecule has 0 saturated heterocycles. The van der Waals surface area contributed by atoms with Crippen LogP contribution in [0.2, 0.25) is 5.02 Å². The van der Waals surface area contributed by atoms with Gasteiger partial charge in [0.15, 0.2) is 0 Å². The second kappa shape index (κ2) is 5.92. The maximum Gasteiger partial charge on any atom is 0.0642 e. The van der Waals surface area contributed by atoms with Crippen LogP contribution in [0.5, 0.6) is 0 Å². The van der Waals surface area contributed by atoms with Crippen molar-refractivity contribution in [3.8, 4) is 0 Å². The average Bonchev–Trinajstić information content (AvgIpc) is 2.32. The lowest BCUT2D eigenvalue weighted by Gasteiger charge is -2.49. The quantitative estimate of drug-likeness (QED) is 0.905. The van der Waals surface area contributed by atoms with Gasteiger partial charge in [0, 0.05) is 25.2 Å². The van der Waals surface area contributed by atoms with Crippen molar-refractivity contribution in [2.24, 2.45) is 5.73 Å². The molecule has 0 bridgehead atoms. The van der Waals surface area contributed by atoms with Crippen LogP contribution in [0.1, 0.15) is 37.8 Å². The third-order valence-electron chi connectivity index (χ3n) is 4.67. The van der Waals surface area contributed by atoms with Gasteiger partial charge in [0.25, 0.3) is 0 Å². The second-order valence-electron chi connectivity index (χ2n) is 6.33. The SMILES string of the molecule is CC(N)c1ccc(N(C)CC2(N(C)C)CCC2)c(Cl)c1. The van der Waals surface area contributed by atoms with Crippen LogP contribution in [0.3, 0.4) is 0 Å². The molecule has 0 spiro atoms. The molecule has 0 amide bonds. The van der Waals surface area contributed by atoms with Gasteiger partial charge in [0.05, 0.1) is 10.7 Å². The maximum absolute atomic E-state index is 6.43. The standard InChI is InChI=1S/C16H26ClN3/c1-12(18)13-6-7-15(14(17)10-13)20(4)11-16(19(2)3)8-5-9-16/h6-7,10,12H,5,8-9,11,18H2,1-4H3. The zero-order chi connectivity index (χ0) is 14.9. The third-order valence-corrected chi connectivity index (χ3v) is 4.98. The summed E-state index contributed by atoms with van der Waals surface area (Å²) in [6.07, 6.45) is 3.85. The van der Waals surface area contributed by atoms with E-state index in [4.69, 9.17) is 17.3 Å². The molecule has 1 aromatic rings. The minimum Gasteiger partial charge on any atom is -0.372 e. The van der Waals surface area contributed by atoms with Crippen LogP contribution in [-0.4, -0.2) is 38.1 Å². The fourth-order valence-corrected chi connectivity index (χ4v) is 3.31. The summed E-state index contributed by atoms with van der Waals surface area (Å²) in [6.45, 7) is 2.99. The van der Waals surface area contributed by atoms with E-state index in [1.807, 2.05) is 13.0 Å². The topological polar surface area (TPSA) is 32.5 Å². The number of halogens is 1. The van der Waals surface area contributed by atoms with Crippen molar-refractivity contribution < 1.29 is 0 Å². The third kappa shape index (κ3) is 2.95. The first-order valence-corrected chi connectivity index (χ1v) is 7.67. The van der Waals surface area contributed by atoms with E-state index in [0.717, 1.165) is 22.8 Å². The van der Waals surface area contributed by atoms with Gasteiger partial charge in [-0.1, -0.05) is 17.7 Å². The molecular formula is C16H26ClN3. The number of anilines is 1. The first-order valence-electron chi connectivity index (χ1n) is 7.29. The van der Waals surface area contributed by atoms with Gasteiger partial charge in [-0.15, -0.1) is 0 Å². The molecule has 4 heteroatoms. The lowest BCUT2D eigenvalue weighted by molar-refractivity contribution is 0.0683. The Hall–Kier alpha value is -0.770. The van der Waals surface area contributed by atoms with Crippen molar-refractivity contribution in [3.63, 3.8) is 0 Å². The van der Waals surface area contributed by atoms with Crippen molar-refractivity contribution in [2.75, 3.05) is 32.6 Å². The molecule has 1 unspecified atom stereocenters. The molecule has 20 heavy (non-hydrogen) atoms. The second-order valence-corrected chi connectivity index (χ2v) is 6.74. The van der Waals surface area contributed by atoms with Crippen LogP contribution in [0, 0.1) is 0 Å². The summed E-state index contributed by atoms with van der Waals surface area (Å²) >= 11 is 6.43. The predicted octanol–water partition coefficient (Wildman–Crippen LogP) is 3.28. The van der Waals surface area contributed by atoms with Gasteiger partial charge in [-0.05, 0) is 58.0 Å². The molecule has 3 nitrogen and oxygen atoms in total. The molecule has 0 radical (unpaired) electrons. The van der Waals surface area contributed by atoms with Gasteiger partial charge in [-0.25, -0.2) is 0 Å².